The number of rotatable bonds is 8. The Kier molecular flexibility index (Phi) is 7.11. The summed E-state index contributed by atoms with van der Waals surface area (Å²) in [5.41, 5.74) is 4.01. The molecule has 5 rings (SSSR count). The van der Waals surface area contributed by atoms with Crippen molar-refractivity contribution in [3.05, 3.63) is 108 Å². The van der Waals surface area contributed by atoms with Crippen LogP contribution >= 0.6 is 34.7 Å². The zero-order valence-electron chi connectivity index (χ0n) is 18.7. The summed E-state index contributed by atoms with van der Waals surface area (Å²) < 4.78 is 29.5. The third-order valence-electron chi connectivity index (χ3n) is 5.39. The number of sulfonamides is 1. The van der Waals surface area contributed by atoms with Crippen molar-refractivity contribution in [1.82, 2.24) is 4.98 Å². The minimum Gasteiger partial charge on any atom is -0.293 e. The highest BCUT2D eigenvalue weighted by molar-refractivity contribution is 8.01. The van der Waals surface area contributed by atoms with E-state index in [4.69, 9.17) is 11.6 Å². The number of halogens is 1. The Balaban J connectivity index is 1.25. The first kappa shape index (κ1) is 24.5. The zero-order chi connectivity index (χ0) is 25.1. The van der Waals surface area contributed by atoms with Crippen molar-refractivity contribution in [3.8, 4) is 11.1 Å². The van der Waals surface area contributed by atoms with E-state index in [1.807, 2.05) is 54.6 Å². The van der Waals surface area contributed by atoms with Gasteiger partial charge in [-0.25, -0.2) is 13.4 Å². The number of fused-ring (bicyclic) bond motifs is 1. The quantitative estimate of drug-likeness (QED) is 0.161. The number of hydrogen-bond acceptors (Lipinski definition) is 6. The van der Waals surface area contributed by atoms with Gasteiger partial charge in [0, 0.05) is 10.6 Å². The summed E-state index contributed by atoms with van der Waals surface area (Å²) in [5.74, 6) is 0.288. The molecular weight excluding hydrogens is 532 g/mol. The fourth-order valence-electron chi connectivity index (χ4n) is 3.55. The minimum atomic E-state index is -3.74. The molecule has 180 valence electrons. The number of anilines is 1. The van der Waals surface area contributed by atoms with E-state index in [9.17, 15) is 13.2 Å². The molecule has 0 aliphatic heterocycles. The maximum absolute atomic E-state index is 12.7. The third kappa shape index (κ3) is 5.63. The first-order valence-electron chi connectivity index (χ1n) is 10.9. The van der Waals surface area contributed by atoms with E-state index < -0.39 is 10.0 Å². The van der Waals surface area contributed by atoms with Gasteiger partial charge in [-0.15, -0.1) is 11.3 Å². The number of aromatic nitrogens is 1. The van der Waals surface area contributed by atoms with E-state index in [1.165, 1.54) is 47.4 Å². The number of Topliss-reactive ketones (excluding diaryl/α,β-unsaturated/α-hetero) is 1. The van der Waals surface area contributed by atoms with Crippen molar-refractivity contribution < 1.29 is 13.2 Å². The van der Waals surface area contributed by atoms with Crippen LogP contribution in [0.5, 0.6) is 0 Å². The molecule has 1 N–H and O–H groups in total. The van der Waals surface area contributed by atoms with E-state index in [0.717, 1.165) is 25.7 Å². The predicted molar refractivity (Wildman–Crippen MR) is 149 cm³/mol. The van der Waals surface area contributed by atoms with E-state index in [1.54, 1.807) is 18.2 Å². The van der Waals surface area contributed by atoms with Gasteiger partial charge in [0.05, 0.1) is 26.6 Å². The highest BCUT2D eigenvalue weighted by Gasteiger charge is 2.15. The number of thioether (sulfide) groups is 1. The Bertz CT molecular complexity index is 1630. The normalized spacial score (nSPS) is 11.5. The van der Waals surface area contributed by atoms with Gasteiger partial charge in [0.2, 0.25) is 0 Å². The van der Waals surface area contributed by atoms with Crippen LogP contribution in [-0.2, 0) is 10.0 Å². The summed E-state index contributed by atoms with van der Waals surface area (Å²) in [7, 11) is -3.74. The van der Waals surface area contributed by atoms with Crippen molar-refractivity contribution in [2.24, 2.45) is 0 Å². The lowest BCUT2D eigenvalue weighted by molar-refractivity contribution is 0.102. The van der Waals surface area contributed by atoms with Gasteiger partial charge >= 0.3 is 0 Å². The van der Waals surface area contributed by atoms with Crippen LogP contribution in [0, 0.1) is 0 Å². The summed E-state index contributed by atoms with van der Waals surface area (Å²) in [6.07, 6.45) is 0. The first-order chi connectivity index (χ1) is 17.4. The maximum atomic E-state index is 12.7. The number of hydrogen-bond donors (Lipinski definition) is 1. The van der Waals surface area contributed by atoms with Crippen LogP contribution in [0.4, 0.5) is 5.69 Å². The van der Waals surface area contributed by atoms with Crippen molar-refractivity contribution in [2.75, 3.05) is 10.5 Å². The number of thiazole rings is 1. The Morgan fingerprint density at radius 1 is 0.889 bits per heavy atom. The van der Waals surface area contributed by atoms with Gasteiger partial charge in [-0.2, -0.15) is 0 Å². The molecule has 0 fully saturated rings. The van der Waals surface area contributed by atoms with E-state index in [-0.39, 0.29) is 16.4 Å². The van der Waals surface area contributed by atoms with E-state index >= 15 is 0 Å². The van der Waals surface area contributed by atoms with E-state index in [2.05, 4.69) is 9.71 Å². The topological polar surface area (TPSA) is 76.1 Å². The smallest absolute Gasteiger partial charge is 0.261 e. The lowest BCUT2D eigenvalue weighted by Crippen LogP contribution is -2.12. The van der Waals surface area contributed by atoms with Crippen LogP contribution < -0.4 is 4.72 Å². The molecule has 4 aromatic carbocycles. The molecule has 0 saturated heterocycles. The van der Waals surface area contributed by atoms with E-state index in [0.29, 0.717) is 16.3 Å². The molecule has 5 nitrogen and oxygen atoms in total. The predicted octanol–water partition coefficient (Wildman–Crippen LogP) is 7.39. The summed E-state index contributed by atoms with van der Waals surface area (Å²) in [5, 5.41) is 0.465. The van der Waals surface area contributed by atoms with Crippen LogP contribution in [0.25, 0.3) is 21.3 Å². The van der Waals surface area contributed by atoms with Gasteiger partial charge in [-0.1, -0.05) is 78.0 Å². The Labute approximate surface area is 222 Å². The highest BCUT2D eigenvalue weighted by atomic mass is 35.5. The van der Waals surface area contributed by atoms with Gasteiger partial charge in [-0.05, 0) is 53.6 Å². The summed E-state index contributed by atoms with van der Waals surface area (Å²) in [4.78, 5) is 17.4. The molecule has 0 atom stereocenters. The molecule has 1 heterocycles. The second-order valence-electron chi connectivity index (χ2n) is 7.88. The lowest BCUT2D eigenvalue weighted by atomic mass is 10.0. The number of carbonyl (C=O) groups excluding carboxylic acids is 1. The number of ketones is 1. The molecular formula is C27H19ClN2O3S3. The van der Waals surface area contributed by atoms with Gasteiger partial charge < -0.3 is 0 Å². The highest BCUT2D eigenvalue weighted by Crippen LogP contribution is 2.32. The molecule has 0 amide bonds. The summed E-state index contributed by atoms with van der Waals surface area (Å²) in [6, 6.07) is 28.8. The second kappa shape index (κ2) is 10.4. The second-order valence-corrected chi connectivity index (χ2v) is 12.2. The van der Waals surface area contributed by atoms with Crippen molar-refractivity contribution in [2.45, 2.75) is 9.24 Å². The SMILES string of the molecule is O=C(CSc1nc2ccc(NS(=O)(=O)c3ccc(Cl)cc3)cc2s1)c1ccc(-c2ccccc2)cc1. The summed E-state index contributed by atoms with van der Waals surface area (Å²) >= 11 is 8.65. The van der Waals surface area contributed by atoms with Gasteiger partial charge in [0.25, 0.3) is 10.0 Å². The largest absolute Gasteiger partial charge is 0.293 e. The zero-order valence-corrected chi connectivity index (χ0v) is 21.9. The standard InChI is InChI=1S/C27H19ClN2O3S3/c28-21-10-13-23(14-11-21)36(32,33)30-22-12-15-24-26(16-22)35-27(29-24)34-17-25(31)20-8-6-19(7-9-20)18-4-2-1-3-5-18/h1-16,30H,17H2. The van der Waals surface area contributed by atoms with Crippen LogP contribution in [0.2, 0.25) is 5.02 Å². The number of nitrogens with zero attached hydrogens (tertiary/aromatic N) is 1. The van der Waals surface area contributed by atoms with Crippen molar-refractivity contribution >= 4 is 66.4 Å². The Morgan fingerprint density at radius 2 is 1.58 bits per heavy atom. The van der Waals surface area contributed by atoms with Crippen molar-refractivity contribution in [1.29, 1.82) is 0 Å². The van der Waals surface area contributed by atoms with Crippen LogP contribution in [-0.4, -0.2) is 24.9 Å². The van der Waals surface area contributed by atoms with Gasteiger partial charge in [0.1, 0.15) is 0 Å². The fourth-order valence-corrected chi connectivity index (χ4v) is 6.72. The Morgan fingerprint density at radius 3 is 2.31 bits per heavy atom. The average Bonchev–Trinajstić information content (AvgIpc) is 3.30. The molecule has 0 spiro atoms. The summed E-state index contributed by atoms with van der Waals surface area (Å²) in [6.45, 7) is 0. The molecule has 0 radical (unpaired) electrons. The van der Waals surface area contributed by atoms with Crippen LogP contribution in [0.3, 0.4) is 0 Å². The number of nitrogens with one attached hydrogen (secondary N) is 1. The van der Waals surface area contributed by atoms with Crippen molar-refractivity contribution in [3.63, 3.8) is 0 Å². The van der Waals surface area contributed by atoms with Gasteiger partial charge in [0.15, 0.2) is 10.1 Å². The van der Waals surface area contributed by atoms with Crippen LogP contribution in [0.1, 0.15) is 10.4 Å². The molecule has 0 saturated carbocycles. The van der Waals surface area contributed by atoms with Crippen LogP contribution in [0.15, 0.2) is 106 Å². The molecule has 5 aromatic rings. The van der Waals surface area contributed by atoms with Gasteiger partial charge in [-0.3, -0.25) is 9.52 Å². The average molecular weight is 551 g/mol. The first-order valence-corrected chi connectivity index (χ1v) is 14.5. The minimum absolute atomic E-state index is 0.0234. The molecule has 0 unspecified atom stereocenters. The monoisotopic (exact) mass is 550 g/mol. The molecule has 0 aliphatic carbocycles. The number of benzene rings is 4. The molecule has 0 bridgehead atoms. The fraction of sp³-hybridized carbons (Fsp3) is 0.0370. The lowest BCUT2D eigenvalue weighted by Gasteiger charge is -2.08. The third-order valence-corrected chi connectivity index (χ3v) is 9.20. The molecule has 0 aliphatic rings. The molecule has 1 aromatic heterocycles. The molecule has 9 heteroatoms. The molecule has 36 heavy (non-hydrogen) atoms. The number of carbonyl (C=O) groups is 1. The Hall–Kier alpha value is -3.17. The maximum Gasteiger partial charge on any atom is 0.261 e.